The summed E-state index contributed by atoms with van der Waals surface area (Å²) in [7, 11) is 1.69. The SMILES string of the molecule is COc1ccc(CCN2CCN(Cc3nc(N)nc(N)n3)CC2)cc1. The number of hydrogen-bond donors (Lipinski definition) is 2. The first-order valence-corrected chi connectivity index (χ1v) is 8.46. The maximum Gasteiger partial charge on any atom is 0.225 e. The Hall–Kier alpha value is -2.45. The van der Waals surface area contributed by atoms with E-state index in [4.69, 9.17) is 16.2 Å². The molecular formula is C17H25N7O. The van der Waals surface area contributed by atoms with E-state index >= 15 is 0 Å². The van der Waals surface area contributed by atoms with E-state index in [2.05, 4.69) is 36.9 Å². The fourth-order valence-electron chi connectivity index (χ4n) is 2.98. The molecule has 2 aromatic rings. The monoisotopic (exact) mass is 343 g/mol. The Labute approximate surface area is 147 Å². The van der Waals surface area contributed by atoms with Gasteiger partial charge in [0.1, 0.15) is 11.6 Å². The standard InChI is InChI=1S/C17H25N7O/c1-25-14-4-2-13(3-5-14)6-7-23-8-10-24(11-9-23)12-15-20-16(18)22-17(19)21-15/h2-5H,6-12H2,1H3,(H4,18,19,20,21,22). The van der Waals surface area contributed by atoms with Crippen LogP contribution in [0.5, 0.6) is 5.75 Å². The van der Waals surface area contributed by atoms with Gasteiger partial charge in [-0.1, -0.05) is 12.1 Å². The molecule has 0 radical (unpaired) electrons. The molecule has 1 aliphatic rings. The molecule has 0 aliphatic carbocycles. The molecule has 0 atom stereocenters. The molecule has 8 nitrogen and oxygen atoms in total. The quantitative estimate of drug-likeness (QED) is 0.776. The van der Waals surface area contributed by atoms with Crippen LogP contribution in [0.15, 0.2) is 24.3 Å². The molecule has 0 amide bonds. The highest BCUT2D eigenvalue weighted by atomic mass is 16.5. The van der Waals surface area contributed by atoms with E-state index in [1.165, 1.54) is 5.56 Å². The minimum atomic E-state index is 0.181. The normalized spacial score (nSPS) is 16.0. The van der Waals surface area contributed by atoms with Gasteiger partial charge in [0.05, 0.1) is 13.7 Å². The summed E-state index contributed by atoms with van der Waals surface area (Å²) >= 11 is 0. The highest BCUT2D eigenvalue weighted by Gasteiger charge is 2.18. The molecule has 25 heavy (non-hydrogen) atoms. The third-order valence-electron chi connectivity index (χ3n) is 4.42. The Balaban J connectivity index is 1.43. The number of methoxy groups -OCH3 is 1. The predicted molar refractivity (Wildman–Crippen MR) is 97.1 cm³/mol. The van der Waals surface area contributed by atoms with Gasteiger partial charge in [-0.25, -0.2) is 0 Å². The van der Waals surface area contributed by atoms with Gasteiger partial charge in [-0.15, -0.1) is 0 Å². The van der Waals surface area contributed by atoms with Crippen LogP contribution in [0.2, 0.25) is 0 Å². The maximum absolute atomic E-state index is 5.62. The first-order valence-electron chi connectivity index (χ1n) is 8.46. The molecule has 2 heterocycles. The van der Waals surface area contributed by atoms with Crippen LogP contribution in [0.25, 0.3) is 0 Å². The summed E-state index contributed by atoms with van der Waals surface area (Å²) in [6, 6.07) is 8.29. The Morgan fingerprint density at radius 2 is 1.52 bits per heavy atom. The molecule has 1 aromatic heterocycles. The Kier molecular flexibility index (Phi) is 5.62. The molecule has 3 rings (SSSR count). The number of hydrogen-bond acceptors (Lipinski definition) is 8. The summed E-state index contributed by atoms with van der Waals surface area (Å²) in [4.78, 5) is 16.9. The molecule has 0 unspecified atom stereocenters. The van der Waals surface area contributed by atoms with Crippen LogP contribution in [-0.4, -0.2) is 64.6 Å². The first kappa shape index (κ1) is 17.4. The number of nitrogen functional groups attached to an aromatic ring is 2. The fraction of sp³-hybridized carbons (Fsp3) is 0.471. The summed E-state index contributed by atoms with van der Waals surface area (Å²) in [6.45, 7) is 5.75. The zero-order valence-electron chi connectivity index (χ0n) is 14.6. The van der Waals surface area contributed by atoms with Crippen LogP contribution in [0.4, 0.5) is 11.9 Å². The number of rotatable bonds is 6. The molecule has 0 spiro atoms. The molecule has 1 aliphatic heterocycles. The van der Waals surface area contributed by atoms with E-state index in [0.717, 1.165) is 44.9 Å². The van der Waals surface area contributed by atoms with Crippen molar-refractivity contribution in [3.63, 3.8) is 0 Å². The predicted octanol–water partition coefficient (Wildman–Crippen LogP) is 0.405. The highest BCUT2D eigenvalue weighted by Crippen LogP contribution is 2.13. The van der Waals surface area contributed by atoms with Crippen molar-refractivity contribution in [3.05, 3.63) is 35.7 Å². The van der Waals surface area contributed by atoms with E-state index in [9.17, 15) is 0 Å². The minimum Gasteiger partial charge on any atom is -0.497 e. The summed E-state index contributed by atoms with van der Waals surface area (Å²) in [5.74, 6) is 1.90. The zero-order valence-corrected chi connectivity index (χ0v) is 14.6. The zero-order chi connectivity index (χ0) is 17.6. The minimum absolute atomic E-state index is 0.181. The van der Waals surface area contributed by atoms with Gasteiger partial charge in [0.2, 0.25) is 11.9 Å². The molecule has 1 aromatic carbocycles. The van der Waals surface area contributed by atoms with Crippen molar-refractivity contribution in [2.45, 2.75) is 13.0 Å². The topological polar surface area (TPSA) is 106 Å². The third-order valence-corrected chi connectivity index (χ3v) is 4.42. The van der Waals surface area contributed by atoms with Gasteiger partial charge in [-0.05, 0) is 24.1 Å². The van der Waals surface area contributed by atoms with Gasteiger partial charge < -0.3 is 21.1 Å². The summed E-state index contributed by atoms with van der Waals surface area (Å²) in [6.07, 6.45) is 1.05. The van der Waals surface area contributed by atoms with Crippen molar-refractivity contribution in [2.75, 3.05) is 51.3 Å². The number of benzene rings is 1. The smallest absolute Gasteiger partial charge is 0.225 e. The number of ether oxygens (including phenoxy) is 1. The molecule has 134 valence electrons. The fourth-order valence-corrected chi connectivity index (χ4v) is 2.98. The number of nitrogens with two attached hydrogens (primary N) is 2. The van der Waals surface area contributed by atoms with Crippen molar-refractivity contribution in [1.29, 1.82) is 0 Å². The first-order chi connectivity index (χ1) is 12.1. The summed E-state index contributed by atoms with van der Waals surface area (Å²) in [5.41, 5.74) is 12.6. The van der Waals surface area contributed by atoms with Crippen LogP contribution >= 0.6 is 0 Å². The van der Waals surface area contributed by atoms with Gasteiger partial charge in [0, 0.05) is 32.7 Å². The van der Waals surface area contributed by atoms with Crippen molar-refractivity contribution >= 4 is 11.9 Å². The van der Waals surface area contributed by atoms with E-state index in [1.807, 2.05) is 12.1 Å². The maximum atomic E-state index is 5.62. The molecule has 0 saturated carbocycles. The molecule has 1 saturated heterocycles. The molecule has 4 N–H and O–H groups in total. The van der Waals surface area contributed by atoms with Gasteiger partial charge >= 0.3 is 0 Å². The van der Waals surface area contributed by atoms with Crippen LogP contribution in [0, 0.1) is 0 Å². The van der Waals surface area contributed by atoms with Gasteiger partial charge in [0.25, 0.3) is 0 Å². The lowest BCUT2D eigenvalue weighted by molar-refractivity contribution is 0.126. The second-order valence-electron chi connectivity index (χ2n) is 6.18. The van der Waals surface area contributed by atoms with E-state index in [1.54, 1.807) is 7.11 Å². The molecular weight excluding hydrogens is 318 g/mol. The van der Waals surface area contributed by atoms with Crippen LogP contribution in [0.1, 0.15) is 11.4 Å². The second-order valence-corrected chi connectivity index (χ2v) is 6.18. The van der Waals surface area contributed by atoms with Crippen molar-refractivity contribution in [2.24, 2.45) is 0 Å². The molecule has 8 heteroatoms. The van der Waals surface area contributed by atoms with Crippen LogP contribution in [0.3, 0.4) is 0 Å². The van der Waals surface area contributed by atoms with Crippen LogP contribution < -0.4 is 16.2 Å². The van der Waals surface area contributed by atoms with E-state index in [0.29, 0.717) is 12.4 Å². The summed E-state index contributed by atoms with van der Waals surface area (Å²) < 4.78 is 5.19. The van der Waals surface area contributed by atoms with E-state index < -0.39 is 0 Å². The van der Waals surface area contributed by atoms with Crippen molar-refractivity contribution in [3.8, 4) is 5.75 Å². The van der Waals surface area contributed by atoms with Gasteiger partial charge in [-0.3, -0.25) is 4.90 Å². The largest absolute Gasteiger partial charge is 0.497 e. The Morgan fingerprint density at radius 3 is 2.12 bits per heavy atom. The molecule has 1 fully saturated rings. The Morgan fingerprint density at radius 1 is 0.920 bits per heavy atom. The average molecular weight is 343 g/mol. The number of piperazine rings is 1. The Bertz CT molecular complexity index is 664. The molecule has 0 bridgehead atoms. The van der Waals surface area contributed by atoms with E-state index in [-0.39, 0.29) is 11.9 Å². The van der Waals surface area contributed by atoms with Gasteiger partial charge in [0.15, 0.2) is 0 Å². The lowest BCUT2D eigenvalue weighted by atomic mass is 10.1. The highest BCUT2D eigenvalue weighted by molar-refractivity contribution is 5.27. The average Bonchev–Trinajstić information content (AvgIpc) is 2.61. The summed E-state index contributed by atoms with van der Waals surface area (Å²) in [5, 5.41) is 0. The lowest BCUT2D eigenvalue weighted by Crippen LogP contribution is -2.46. The van der Waals surface area contributed by atoms with Crippen molar-refractivity contribution < 1.29 is 4.74 Å². The lowest BCUT2D eigenvalue weighted by Gasteiger charge is -2.34. The van der Waals surface area contributed by atoms with Crippen LogP contribution in [-0.2, 0) is 13.0 Å². The number of anilines is 2. The van der Waals surface area contributed by atoms with Crippen molar-refractivity contribution in [1.82, 2.24) is 24.8 Å². The second kappa shape index (κ2) is 8.09. The number of aromatic nitrogens is 3. The number of nitrogens with zero attached hydrogens (tertiary/aromatic N) is 5. The third kappa shape index (κ3) is 5.01. The van der Waals surface area contributed by atoms with Gasteiger partial charge in [-0.2, -0.15) is 15.0 Å².